The SMILES string of the molecule is CC(=O)OC1C(OC2CCCC2(c2ccccc2)c2ccccc2)O[N+](O)=CC1C1CCCCC1. The molecule has 1 N–H and O–H groups in total. The van der Waals surface area contributed by atoms with Crippen LogP contribution in [0, 0.1) is 11.8 Å². The lowest BCUT2D eigenvalue weighted by molar-refractivity contribution is -0.977. The van der Waals surface area contributed by atoms with E-state index in [2.05, 4.69) is 48.5 Å². The first kappa shape index (κ1) is 23.9. The summed E-state index contributed by atoms with van der Waals surface area (Å²) in [4.78, 5) is 18.7. The highest BCUT2D eigenvalue weighted by atomic mass is 16.9. The molecule has 0 radical (unpaired) electrons. The zero-order valence-corrected chi connectivity index (χ0v) is 20.4. The Kier molecular flexibility index (Phi) is 7.09. The van der Waals surface area contributed by atoms with Crippen molar-refractivity contribution >= 4 is 12.2 Å². The summed E-state index contributed by atoms with van der Waals surface area (Å²) >= 11 is 0. The Balaban J connectivity index is 1.50. The lowest BCUT2D eigenvalue weighted by atomic mass is 9.71. The third-order valence-corrected chi connectivity index (χ3v) is 8.12. The minimum atomic E-state index is -0.893. The molecule has 2 saturated carbocycles. The van der Waals surface area contributed by atoms with Crippen LogP contribution in [0.25, 0.3) is 0 Å². The molecule has 0 aromatic heterocycles. The summed E-state index contributed by atoms with van der Waals surface area (Å²) in [7, 11) is 0. The fourth-order valence-electron chi connectivity index (χ4n) is 6.57. The van der Waals surface area contributed by atoms with Gasteiger partial charge in [0.1, 0.15) is 0 Å². The van der Waals surface area contributed by atoms with Gasteiger partial charge in [-0.05, 0) is 49.1 Å². The maximum atomic E-state index is 12.2. The van der Waals surface area contributed by atoms with Gasteiger partial charge in [-0.15, -0.1) is 0 Å². The van der Waals surface area contributed by atoms with Crippen LogP contribution in [0.1, 0.15) is 69.4 Å². The van der Waals surface area contributed by atoms with Gasteiger partial charge in [0.15, 0.2) is 11.0 Å². The molecule has 1 heterocycles. The number of esters is 1. The molecule has 2 aliphatic carbocycles. The quantitative estimate of drug-likeness (QED) is 0.444. The van der Waals surface area contributed by atoms with Crippen LogP contribution in [-0.2, 0) is 24.5 Å². The van der Waals surface area contributed by atoms with E-state index in [0.717, 1.165) is 49.8 Å². The number of carbonyl (C=O) groups is 1. The molecule has 0 spiro atoms. The van der Waals surface area contributed by atoms with Gasteiger partial charge in [0.05, 0.1) is 12.0 Å². The van der Waals surface area contributed by atoms with Gasteiger partial charge in [0, 0.05) is 12.3 Å². The summed E-state index contributed by atoms with van der Waals surface area (Å²) in [6.45, 7) is 1.42. The molecule has 186 valence electrons. The normalized spacial score (nSPS) is 28.7. The van der Waals surface area contributed by atoms with Gasteiger partial charge in [-0.1, -0.05) is 79.9 Å². The predicted octanol–water partition coefficient (Wildman–Crippen LogP) is 5.41. The smallest absolute Gasteiger partial charge is 0.314 e. The minimum Gasteiger partial charge on any atom is -0.455 e. The third-order valence-electron chi connectivity index (χ3n) is 8.12. The van der Waals surface area contributed by atoms with E-state index in [1.54, 1.807) is 6.21 Å². The number of rotatable bonds is 6. The fourth-order valence-corrected chi connectivity index (χ4v) is 6.57. The highest BCUT2D eigenvalue weighted by molar-refractivity contribution is 5.67. The van der Waals surface area contributed by atoms with Crippen LogP contribution >= 0.6 is 0 Å². The minimum absolute atomic E-state index is 0.160. The van der Waals surface area contributed by atoms with Crippen molar-refractivity contribution in [2.24, 2.45) is 11.8 Å². The molecule has 0 saturated heterocycles. The summed E-state index contributed by atoms with van der Waals surface area (Å²) in [5, 5.41) is 10.5. The van der Waals surface area contributed by atoms with Gasteiger partial charge >= 0.3 is 12.3 Å². The van der Waals surface area contributed by atoms with Crippen LogP contribution in [-0.4, -0.2) is 40.8 Å². The number of benzene rings is 2. The molecule has 2 aromatic carbocycles. The number of hydrogen-bond donors (Lipinski definition) is 1. The van der Waals surface area contributed by atoms with Crippen molar-refractivity contribution in [1.29, 1.82) is 0 Å². The molecule has 1 aliphatic heterocycles. The van der Waals surface area contributed by atoms with E-state index in [4.69, 9.17) is 14.3 Å². The van der Waals surface area contributed by atoms with Gasteiger partial charge in [0.25, 0.3) is 6.21 Å². The highest BCUT2D eigenvalue weighted by Crippen LogP contribution is 2.49. The average Bonchev–Trinajstić information content (AvgIpc) is 3.31. The monoisotopic (exact) mass is 478 g/mol. The largest absolute Gasteiger partial charge is 0.455 e. The Morgan fingerprint density at radius 2 is 1.57 bits per heavy atom. The number of ether oxygens (including phenoxy) is 2. The molecule has 35 heavy (non-hydrogen) atoms. The Labute approximate surface area is 207 Å². The standard InChI is InChI=1S/C29H36NO5/c1-21(31)33-27-25(22-12-5-2-6-13-22)20-30(32)35-28(27)34-26-18-11-19-29(26,23-14-7-3-8-15-23)24-16-9-4-10-17-24/h3-4,7-10,14-17,20,22,25-28,32H,2,5-6,11-13,18-19H2,1H3/q+1. The van der Waals surface area contributed by atoms with E-state index in [0.29, 0.717) is 5.92 Å². The molecular formula is C29H36NO5+. The van der Waals surface area contributed by atoms with E-state index >= 15 is 0 Å². The van der Waals surface area contributed by atoms with Gasteiger partial charge in [-0.2, -0.15) is 4.84 Å². The van der Waals surface area contributed by atoms with Gasteiger partial charge in [0.2, 0.25) is 0 Å². The first-order chi connectivity index (χ1) is 17.1. The lowest BCUT2D eigenvalue weighted by Gasteiger charge is -2.40. The lowest BCUT2D eigenvalue weighted by Crippen LogP contribution is -2.53. The Bertz CT molecular complexity index is 978. The van der Waals surface area contributed by atoms with E-state index in [1.807, 2.05) is 12.1 Å². The maximum Gasteiger partial charge on any atom is 0.314 e. The van der Waals surface area contributed by atoms with Crippen LogP contribution in [0.4, 0.5) is 0 Å². The molecular weight excluding hydrogens is 442 g/mol. The second-order valence-electron chi connectivity index (χ2n) is 10.2. The van der Waals surface area contributed by atoms with Crippen LogP contribution in [0.5, 0.6) is 0 Å². The Hall–Kier alpha value is -2.86. The van der Waals surface area contributed by atoms with Crippen LogP contribution in [0.2, 0.25) is 0 Å². The van der Waals surface area contributed by atoms with Crippen LogP contribution in [0.15, 0.2) is 60.7 Å². The van der Waals surface area contributed by atoms with Crippen LogP contribution in [0.3, 0.4) is 0 Å². The summed E-state index contributed by atoms with van der Waals surface area (Å²) in [5.41, 5.74) is 2.05. The molecule has 0 amide bonds. The second-order valence-corrected chi connectivity index (χ2v) is 10.2. The van der Waals surface area contributed by atoms with Crippen molar-refractivity contribution in [2.75, 3.05) is 0 Å². The fraction of sp³-hybridized carbons (Fsp3) is 0.517. The molecule has 5 rings (SSSR count). The highest BCUT2D eigenvalue weighted by Gasteiger charge is 2.53. The van der Waals surface area contributed by atoms with E-state index in [9.17, 15) is 10.0 Å². The molecule has 2 aromatic rings. The van der Waals surface area contributed by atoms with Crippen molar-refractivity contribution in [3.8, 4) is 0 Å². The molecule has 3 aliphatic rings. The van der Waals surface area contributed by atoms with Gasteiger partial charge in [-0.25, -0.2) is 5.21 Å². The van der Waals surface area contributed by atoms with E-state index in [-0.39, 0.29) is 23.4 Å². The maximum absolute atomic E-state index is 12.2. The van der Waals surface area contributed by atoms with Crippen molar-refractivity contribution in [2.45, 2.75) is 82.2 Å². The Morgan fingerprint density at radius 1 is 0.943 bits per heavy atom. The van der Waals surface area contributed by atoms with Crippen molar-refractivity contribution < 1.29 is 29.2 Å². The molecule has 4 atom stereocenters. The number of nitrogens with zero attached hydrogens (tertiary/aromatic N) is 1. The molecule has 4 unspecified atom stereocenters. The zero-order valence-electron chi connectivity index (χ0n) is 20.4. The summed E-state index contributed by atoms with van der Waals surface area (Å²) < 4.78 is 12.6. The van der Waals surface area contributed by atoms with Crippen LogP contribution < -0.4 is 0 Å². The molecule has 2 fully saturated rings. The first-order valence-electron chi connectivity index (χ1n) is 13.0. The Morgan fingerprint density at radius 3 is 2.17 bits per heavy atom. The van der Waals surface area contributed by atoms with Gasteiger partial charge < -0.3 is 9.47 Å². The van der Waals surface area contributed by atoms with Crippen molar-refractivity contribution in [1.82, 2.24) is 0 Å². The van der Waals surface area contributed by atoms with E-state index in [1.165, 1.54) is 24.5 Å². The molecule has 0 bridgehead atoms. The summed E-state index contributed by atoms with van der Waals surface area (Å²) in [5.74, 6) is -0.210. The molecule has 6 nitrogen and oxygen atoms in total. The van der Waals surface area contributed by atoms with E-state index < -0.39 is 12.4 Å². The van der Waals surface area contributed by atoms with Crippen molar-refractivity contribution in [3.05, 3.63) is 71.8 Å². The number of hydrogen-bond acceptors (Lipinski definition) is 5. The average molecular weight is 479 g/mol. The first-order valence-corrected chi connectivity index (χ1v) is 13.0. The van der Waals surface area contributed by atoms with Crippen molar-refractivity contribution in [3.63, 3.8) is 0 Å². The zero-order chi connectivity index (χ0) is 24.3. The topological polar surface area (TPSA) is 68.0 Å². The predicted molar refractivity (Wildman–Crippen MR) is 131 cm³/mol. The summed E-state index contributed by atoms with van der Waals surface area (Å²) in [6.07, 6.45) is 8.34. The number of carbonyl (C=O) groups excluding carboxylic acids is 1. The molecule has 6 heteroatoms. The third kappa shape index (κ3) is 4.81. The van der Waals surface area contributed by atoms with Gasteiger partial charge in [-0.3, -0.25) is 4.79 Å². The summed E-state index contributed by atoms with van der Waals surface area (Å²) in [6, 6.07) is 21.0. The second kappa shape index (κ2) is 10.4.